The van der Waals surface area contributed by atoms with Crippen LogP contribution < -0.4 is 4.74 Å². The Morgan fingerprint density at radius 2 is 1.93 bits per heavy atom. The third kappa shape index (κ3) is 3.28. The van der Waals surface area contributed by atoms with E-state index in [9.17, 15) is 18.0 Å². The number of ether oxygens (including phenoxy) is 1. The molecule has 3 heterocycles. The van der Waals surface area contributed by atoms with Crippen LogP contribution in [0.15, 0.2) is 24.4 Å². The maximum atomic E-state index is 13.7. The lowest BCUT2D eigenvalue weighted by atomic mass is 9.99. The van der Waals surface area contributed by atoms with E-state index >= 15 is 0 Å². The van der Waals surface area contributed by atoms with Crippen LogP contribution in [0.5, 0.6) is 5.75 Å². The van der Waals surface area contributed by atoms with Crippen molar-refractivity contribution in [2.75, 3.05) is 13.7 Å². The number of fused-ring (bicyclic) bond motifs is 1. The lowest BCUT2D eigenvalue weighted by molar-refractivity contribution is 0.0726. The van der Waals surface area contributed by atoms with E-state index in [1.807, 2.05) is 0 Å². The lowest BCUT2D eigenvalue weighted by Gasteiger charge is -2.26. The maximum Gasteiger partial charge on any atom is 0.274 e. The molecule has 0 N–H and O–H groups in total. The minimum Gasteiger partial charge on any atom is -0.495 e. The monoisotopic (exact) mass is 436 g/mol. The third-order valence-electron chi connectivity index (χ3n) is 5.02. The molecule has 3 aromatic rings. The topological polar surface area (TPSA) is 60.2 Å². The molecule has 2 aromatic heterocycles. The summed E-state index contributed by atoms with van der Waals surface area (Å²) < 4.78 is 47.4. The Bertz CT molecular complexity index is 1140. The van der Waals surface area contributed by atoms with Gasteiger partial charge in [0.15, 0.2) is 23.1 Å². The molecule has 6 nitrogen and oxygen atoms in total. The number of hydrogen-bond acceptors (Lipinski definition) is 4. The van der Waals surface area contributed by atoms with Crippen molar-refractivity contribution < 1.29 is 22.7 Å². The molecule has 1 aliphatic heterocycles. The molecule has 0 radical (unpaired) electrons. The van der Waals surface area contributed by atoms with E-state index in [-0.39, 0.29) is 28.7 Å². The molecule has 0 fully saturated rings. The summed E-state index contributed by atoms with van der Waals surface area (Å²) in [6.45, 7) is 0.495. The van der Waals surface area contributed by atoms with E-state index in [1.54, 1.807) is 18.0 Å². The van der Waals surface area contributed by atoms with Crippen LogP contribution in [-0.2, 0) is 20.0 Å². The second-order valence-corrected chi connectivity index (χ2v) is 7.18. The molecular weight excluding hydrogens is 421 g/mol. The average molecular weight is 437 g/mol. The first-order valence-corrected chi connectivity index (χ1v) is 9.37. The van der Waals surface area contributed by atoms with Crippen molar-refractivity contribution in [3.05, 3.63) is 63.8 Å². The van der Waals surface area contributed by atoms with E-state index < -0.39 is 17.5 Å². The first-order valence-electron chi connectivity index (χ1n) is 8.99. The minimum absolute atomic E-state index is 0.0679. The zero-order valence-corrected chi connectivity index (χ0v) is 16.8. The molecule has 0 unspecified atom stereocenters. The van der Waals surface area contributed by atoms with Crippen molar-refractivity contribution in [1.82, 2.24) is 19.7 Å². The van der Waals surface area contributed by atoms with Crippen LogP contribution in [0.25, 0.3) is 11.3 Å². The van der Waals surface area contributed by atoms with Crippen molar-refractivity contribution in [2.24, 2.45) is 7.05 Å². The van der Waals surface area contributed by atoms with Crippen LogP contribution >= 0.6 is 11.6 Å². The van der Waals surface area contributed by atoms with Gasteiger partial charge in [-0.1, -0.05) is 11.6 Å². The first kappa shape index (κ1) is 20.2. The number of pyridine rings is 1. The van der Waals surface area contributed by atoms with Gasteiger partial charge in [0, 0.05) is 37.0 Å². The number of nitrogens with zero attached hydrogens (tertiary/aromatic N) is 4. The molecule has 10 heteroatoms. The summed E-state index contributed by atoms with van der Waals surface area (Å²) >= 11 is 6.22. The largest absolute Gasteiger partial charge is 0.495 e. The quantitative estimate of drug-likeness (QED) is 0.587. The van der Waals surface area contributed by atoms with Gasteiger partial charge in [0.1, 0.15) is 10.8 Å². The molecule has 0 bridgehead atoms. The van der Waals surface area contributed by atoms with Gasteiger partial charge in [-0.15, -0.1) is 0 Å². The smallest absolute Gasteiger partial charge is 0.274 e. The highest BCUT2D eigenvalue weighted by Gasteiger charge is 2.30. The summed E-state index contributed by atoms with van der Waals surface area (Å²) in [6, 6.07) is 3.43. The van der Waals surface area contributed by atoms with Gasteiger partial charge in [-0.25, -0.2) is 18.2 Å². The number of amides is 1. The molecule has 1 amide bonds. The second-order valence-electron chi connectivity index (χ2n) is 6.80. The van der Waals surface area contributed by atoms with Gasteiger partial charge in [-0.05, 0) is 18.6 Å². The third-order valence-corrected chi connectivity index (χ3v) is 5.39. The predicted octanol–water partition coefficient (Wildman–Crippen LogP) is 3.76. The Morgan fingerprint density at radius 1 is 1.23 bits per heavy atom. The number of carbonyl (C=O) groups excluding carboxylic acids is 1. The average Bonchev–Trinajstić information content (AvgIpc) is 3.06. The van der Waals surface area contributed by atoms with Gasteiger partial charge in [0.25, 0.3) is 5.91 Å². The van der Waals surface area contributed by atoms with Crippen LogP contribution in [0.2, 0.25) is 5.02 Å². The number of aromatic nitrogens is 3. The molecule has 30 heavy (non-hydrogen) atoms. The standard InChI is InChI=1S/C20H16ClF3N4O2/c1-27-19(10-7-12(22)17(24)13(23)8-10)11-4-6-28(9-14(11)26-27)20(29)18-16(21)15(30-2)3-5-25-18/h3,5,7-8H,4,6,9H2,1-2H3. The Hall–Kier alpha value is -3.07. The summed E-state index contributed by atoms with van der Waals surface area (Å²) in [5, 5.41) is 4.52. The predicted molar refractivity (Wildman–Crippen MR) is 103 cm³/mol. The number of rotatable bonds is 3. The highest BCUT2D eigenvalue weighted by Crippen LogP contribution is 2.33. The van der Waals surface area contributed by atoms with E-state index in [0.29, 0.717) is 30.1 Å². The Labute approximate surface area is 174 Å². The minimum atomic E-state index is -1.52. The molecule has 0 saturated heterocycles. The molecule has 0 spiro atoms. The van der Waals surface area contributed by atoms with Crippen molar-refractivity contribution >= 4 is 17.5 Å². The molecule has 0 aliphatic carbocycles. The van der Waals surface area contributed by atoms with Crippen LogP contribution in [0.3, 0.4) is 0 Å². The van der Waals surface area contributed by atoms with Crippen molar-refractivity contribution in [3.63, 3.8) is 0 Å². The first-order chi connectivity index (χ1) is 14.3. The number of halogens is 4. The van der Waals surface area contributed by atoms with Crippen LogP contribution in [-0.4, -0.2) is 39.2 Å². The van der Waals surface area contributed by atoms with Gasteiger partial charge in [-0.3, -0.25) is 9.48 Å². The van der Waals surface area contributed by atoms with E-state index in [1.165, 1.54) is 18.0 Å². The van der Waals surface area contributed by atoms with Gasteiger partial charge in [0.05, 0.1) is 25.0 Å². The van der Waals surface area contributed by atoms with Gasteiger partial charge in [0.2, 0.25) is 0 Å². The molecular formula is C20H16ClF3N4O2. The van der Waals surface area contributed by atoms with Crippen molar-refractivity contribution in [3.8, 4) is 17.0 Å². The summed E-state index contributed by atoms with van der Waals surface area (Å²) in [4.78, 5) is 18.5. The van der Waals surface area contributed by atoms with E-state index in [4.69, 9.17) is 16.3 Å². The zero-order chi connectivity index (χ0) is 21.6. The van der Waals surface area contributed by atoms with Gasteiger partial charge in [-0.2, -0.15) is 5.10 Å². The SMILES string of the molecule is COc1ccnc(C(=O)N2CCc3c(nn(C)c3-c3cc(F)c(F)c(F)c3)C2)c1Cl. The molecule has 1 aliphatic rings. The van der Waals surface area contributed by atoms with Gasteiger partial charge < -0.3 is 9.64 Å². The molecule has 0 atom stereocenters. The fourth-order valence-corrected chi connectivity index (χ4v) is 3.90. The highest BCUT2D eigenvalue weighted by molar-refractivity contribution is 6.34. The van der Waals surface area contributed by atoms with Crippen LogP contribution in [0, 0.1) is 17.5 Å². The summed E-state index contributed by atoms with van der Waals surface area (Å²) in [5.41, 5.74) is 2.05. The fourth-order valence-electron chi connectivity index (χ4n) is 3.63. The summed E-state index contributed by atoms with van der Waals surface area (Å²) in [7, 11) is 3.07. The number of carbonyl (C=O) groups is 1. The number of aryl methyl sites for hydroxylation is 1. The van der Waals surface area contributed by atoms with Gasteiger partial charge >= 0.3 is 0 Å². The molecule has 0 saturated carbocycles. The summed E-state index contributed by atoms with van der Waals surface area (Å²) in [5.74, 6) is -4.10. The van der Waals surface area contributed by atoms with E-state index in [0.717, 1.165) is 17.7 Å². The molecule has 1 aromatic carbocycles. The number of benzene rings is 1. The number of methoxy groups -OCH3 is 1. The van der Waals surface area contributed by atoms with Crippen molar-refractivity contribution in [2.45, 2.75) is 13.0 Å². The Morgan fingerprint density at radius 3 is 2.60 bits per heavy atom. The number of hydrogen-bond donors (Lipinski definition) is 0. The van der Waals surface area contributed by atoms with E-state index in [2.05, 4.69) is 10.1 Å². The maximum absolute atomic E-state index is 13.7. The Balaban J connectivity index is 1.67. The normalized spacial score (nSPS) is 13.3. The van der Waals surface area contributed by atoms with Crippen molar-refractivity contribution in [1.29, 1.82) is 0 Å². The summed E-state index contributed by atoms with van der Waals surface area (Å²) in [6.07, 6.45) is 1.83. The highest BCUT2D eigenvalue weighted by atomic mass is 35.5. The Kier molecular flexibility index (Phi) is 5.15. The fraction of sp³-hybridized carbons (Fsp3) is 0.250. The molecule has 156 valence electrons. The van der Waals surface area contributed by atoms with Crippen LogP contribution in [0.1, 0.15) is 21.7 Å². The molecule has 4 rings (SSSR count). The second kappa shape index (κ2) is 7.64. The zero-order valence-electron chi connectivity index (χ0n) is 16.0. The van der Waals surface area contributed by atoms with Crippen LogP contribution in [0.4, 0.5) is 13.2 Å². The lowest BCUT2D eigenvalue weighted by Crippen LogP contribution is -2.36.